The number of para-hydroxylation sites is 1. The Morgan fingerprint density at radius 1 is 1.27 bits per heavy atom. The molecule has 0 fully saturated rings. The Hall–Kier alpha value is -2.54. The van der Waals surface area contributed by atoms with Gasteiger partial charge in [0.15, 0.2) is 0 Å². The average molecular weight is 308 g/mol. The molecule has 2 aromatic rings. The SMILES string of the molecule is O=C(Cc1ccccc1OC(F)F)Nc1cnccc1CO. The molecule has 7 heteroatoms. The van der Waals surface area contributed by atoms with Crippen LogP contribution in [0.25, 0.3) is 0 Å². The van der Waals surface area contributed by atoms with Crippen LogP contribution in [0.1, 0.15) is 11.1 Å². The minimum absolute atomic E-state index is 0.0405. The van der Waals surface area contributed by atoms with Crippen molar-refractivity contribution >= 4 is 11.6 Å². The average Bonchev–Trinajstić information content (AvgIpc) is 2.49. The number of pyridine rings is 1. The summed E-state index contributed by atoms with van der Waals surface area (Å²) in [5, 5.41) is 11.8. The summed E-state index contributed by atoms with van der Waals surface area (Å²) in [4.78, 5) is 15.9. The Morgan fingerprint density at radius 2 is 2.05 bits per heavy atom. The summed E-state index contributed by atoms with van der Waals surface area (Å²) in [6.07, 6.45) is 2.76. The lowest BCUT2D eigenvalue weighted by Crippen LogP contribution is -2.17. The predicted molar refractivity (Wildman–Crippen MR) is 75.6 cm³/mol. The number of nitrogens with zero attached hydrogens (tertiary/aromatic N) is 1. The number of aliphatic hydroxyl groups is 1. The van der Waals surface area contributed by atoms with Crippen molar-refractivity contribution in [2.45, 2.75) is 19.6 Å². The van der Waals surface area contributed by atoms with E-state index in [9.17, 15) is 18.7 Å². The van der Waals surface area contributed by atoms with Gasteiger partial charge in [-0.1, -0.05) is 18.2 Å². The van der Waals surface area contributed by atoms with Crippen molar-refractivity contribution in [2.24, 2.45) is 0 Å². The molecule has 1 amide bonds. The smallest absolute Gasteiger partial charge is 0.387 e. The van der Waals surface area contributed by atoms with Gasteiger partial charge in [0.1, 0.15) is 5.75 Å². The number of halogens is 2. The molecule has 0 saturated carbocycles. The van der Waals surface area contributed by atoms with E-state index in [0.29, 0.717) is 16.8 Å². The molecule has 0 atom stereocenters. The Kier molecular flexibility index (Phi) is 5.37. The molecular formula is C15H14F2N2O3. The molecule has 116 valence electrons. The van der Waals surface area contributed by atoms with Gasteiger partial charge in [0.2, 0.25) is 5.91 Å². The molecule has 2 N–H and O–H groups in total. The molecule has 1 aromatic heterocycles. The van der Waals surface area contributed by atoms with Gasteiger partial charge in [0, 0.05) is 17.3 Å². The van der Waals surface area contributed by atoms with Crippen LogP contribution in [0, 0.1) is 0 Å². The standard InChI is InChI=1S/C15H14F2N2O3/c16-15(17)22-13-4-2-1-3-10(13)7-14(21)19-12-8-18-6-5-11(12)9-20/h1-6,8,15,20H,7,9H2,(H,19,21). The van der Waals surface area contributed by atoms with Gasteiger partial charge in [-0.05, 0) is 12.1 Å². The van der Waals surface area contributed by atoms with Crippen LogP contribution < -0.4 is 10.1 Å². The van der Waals surface area contributed by atoms with Gasteiger partial charge in [-0.15, -0.1) is 0 Å². The number of aliphatic hydroxyl groups excluding tert-OH is 1. The van der Waals surface area contributed by atoms with E-state index in [-0.39, 0.29) is 18.8 Å². The maximum atomic E-state index is 12.3. The van der Waals surface area contributed by atoms with E-state index in [4.69, 9.17) is 0 Å². The number of ether oxygens (including phenoxy) is 1. The molecule has 2 rings (SSSR count). The van der Waals surface area contributed by atoms with Crippen LogP contribution in [-0.4, -0.2) is 22.6 Å². The van der Waals surface area contributed by atoms with Gasteiger partial charge in [-0.25, -0.2) is 0 Å². The fraction of sp³-hybridized carbons (Fsp3) is 0.200. The van der Waals surface area contributed by atoms with E-state index in [2.05, 4.69) is 15.0 Å². The molecule has 0 bridgehead atoms. The quantitative estimate of drug-likeness (QED) is 0.859. The van der Waals surface area contributed by atoms with Crippen molar-refractivity contribution in [1.29, 1.82) is 0 Å². The van der Waals surface area contributed by atoms with Crippen molar-refractivity contribution < 1.29 is 23.4 Å². The topological polar surface area (TPSA) is 71.5 Å². The summed E-state index contributed by atoms with van der Waals surface area (Å²) >= 11 is 0. The van der Waals surface area contributed by atoms with Gasteiger partial charge in [-0.3, -0.25) is 9.78 Å². The number of anilines is 1. The van der Waals surface area contributed by atoms with Crippen molar-refractivity contribution in [3.8, 4) is 5.75 Å². The molecule has 0 aliphatic rings. The molecule has 0 saturated heterocycles. The molecule has 0 aliphatic heterocycles. The third-order valence-corrected chi connectivity index (χ3v) is 2.90. The maximum absolute atomic E-state index is 12.3. The fourth-order valence-corrected chi connectivity index (χ4v) is 1.90. The Balaban J connectivity index is 2.09. The zero-order valence-corrected chi connectivity index (χ0v) is 11.5. The van der Waals surface area contributed by atoms with Gasteiger partial charge in [-0.2, -0.15) is 8.78 Å². The molecule has 0 spiro atoms. The number of aromatic nitrogens is 1. The summed E-state index contributed by atoms with van der Waals surface area (Å²) in [6.45, 7) is -3.20. The van der Waals surface area contributed by atoms with E-state index in [0.717, 1.165) is 0 Å². The van der Waals surface area contributed by atoms with Crippen molar-refractivity contribution in [3.05, 3.63) is 53.9 Å². The number of hydrogen-bond acceptors (Lipinski definition) is 4. The lowest BCUT2D eigenvalue weighted by Gasteiger charge is -2.12. The van der Waals surface area contributed by atoms with Crippen LogP contribution in [0.5, 0.6) is 5.75 Å². The Labute approximate surface area is 125 Å². The summed E-state index contributed by atoms with van der Waals surface area (Å²) in [6, 6.07) is 7.66. The predicted octanol–water partition coefficient (Wildman–Crippen LogP) is 2.36. The third-order valence-electron chi connectivity index (χ3n) is 2.90. The maximum Gasteiger partial charge on any atom is 0.387 e. The van der Waals surface area contributed by atoms with E-state index < -0.39 is 12.5 Å². The molecule has 0 aliphatic carbocycles. The van der Waals surface area contributed by atoms with E-state index in [1.54, 1.807) is 18.2 Å². The zero-order chi connectivity index (χ0) is 15.9. The second kappa shape index (κ2) is 7.46. The van der Waals surface area contributed by atoms with Crippen molar-refractivity contribution in [2.75, 3.05) is 5.32 Å². The summed E-state index contributed by atoms with van der Waals surface area (Å²) < 4.78 is 29.0. The van der Waals surface area contributed by atoms with Crippen LogP contribution in [0.4, 0.5) is 14.5 Å². The first kappa shape index (κ1) is 15.8. The minimum atomic E-state index is -2.96. The molecule has 0 radical (unpaired) electrons. The monoisotopic (exact) mass is 308 g/mol. The van der Waals surface area contributed by atoms with Crippen LogP contribution in [0.15, 0.2) is 42.7 Å². The third kappa shape index (κ3) is 4.23. The number of hydrogen-bond donors (Lipinski definition) is 2. The second-order valence-corrected chi connectivity index (χ2v) is 4.40. The number of alkyl halides is 2. The fourth-order valence-electron chi connectivity index (χ4n) is 1.90. The minimum Gasteiger partial charge on any atom is -0.435 e. The van der Waals surface area contributed by atoms with Gasteiger partial charge in [0.05, 0.1) is 24.9 Å². The first-order chi connectivity index (χ1) is 10.6. The largest absolute Gasteiger partial charge is 0.435 e. The van der Waals surface area contributed by atoms with E-state index in [1.165, 1.54) is 24.5 Å². The summed E-state index contributed by atoms with van der Waals surface area (Å²) in [5.74, 6) is -0.464. The van der Waals surface area contributed by atoms with Crippen LogP contribution >= 0.6 is 0 Å². The number of nitrogens with one attached hydrogen (secondary N) is 1. The molecule has 0 unspecified atom stereocenters. The molecule has 1 aromatic carbocycles. The molecule has 22 heavy (non-hydrogen) atoms. The van der Waals surface area contributed by atoms with Gasteiger partial charge >= 0.3 is 6.61 Å². The Bertz CT molecular complexity index is 650. The van der Waals surface area contributed by atoms with E-state index in [1.807, 2.05) is 0 Å². The van der Waals surface area contributed by atoms with Gasteiger partial charge in [0.25, 0.3) is 0 Å². The van der Waals surface area contributed by atoms with Gasteiger partial charge < -0.3 is 15.2 Å². The highest BCUT2D eigenvalue weighted by atomic mass is 19.3. The number of carbonyl (C=O) groups excluding carboxylic acids is 1. The molecule has 1 heterocycles. The number of amides is 1. The highest BCUT2D eigenvalue weighted by molar-refractivity contribution is 5.93. The van der Waals surface area contributed by atoms with Crippen molar-refractivity contribution in [1.82, 2.24) is 4.98 Å². The zero-order valence-electron chi connectivity index (χ0n) is 11.5. The summed E-state index contributed by atoms with van der Waals surface area (Å²) in [7, 11) is 0. The first-order valence-corrected chi connectivity index (χ1v) is 6.46. The summed E-state index contributed by atoms with van der Waals surface area (Å²) in [5.41, 5.74) is 1.23. The highest BCUT2D eigenvalue weighted by Crippen LogP contribution is 2.21. The van der Waals surface area contributed by atoms with Crippen molar-refractivity contribution in [3.63, 3.8) is 0 Å². The van der Waals surface area contributed by atoms with Crippen LogP contribution in [0.2, 0.25) is 0 Å². The lowest BCUT2D eigenvalue weighted by atomic mass is 10.1. The molecule has 5 nitrogen and oxygen atoms in total. The van der Waals surface area contributed by atoms with Crippen LogP contribution in [0.3, 0.4) is 0 Å². The number of rotatable bonds is 6. The second-order valence-electron chi connectivity index (χ2n) is 4.40. The highest BCUT2D eigenvalue weighted by Gasteiger charge is 2.13. The lowest BCUT2D eigenvalue weighted by molar-refractivity contribution is -0.115. The normalized spacial score (nSPS) is 10.5. The number of benzene rings is 1. The number of carbonyl (C=O) groups is 1. The Morgan fingerprint density at radius 3 is 2.77 bits per heavy atom. The first-order valence-electron chi connectivity index (χ1n) is 6.46. The van der Waals surface area contributed by atoms with E-state index >= 15 is 0 Å². The molecular weight excluding hydrogens is 294 g/mol. The van der Waals surface area contributed by atoms with Crippen LogP contribution in [-0.2, 0) is 17.8 Å².